The predicted octanol–water partition coefficient (Wildman–Crippen LogP) is 4.82. The van der Waals surface area contributed by atoms with E-state index in [1.807, 2.05) is 22.8 Å². The van der Waals surface area contributed by atoms with E-state index in [9.17, 15) is 14.7 Å². The van der Waals surface area contributed by atoms with Crippen LogP contribution >= 0.6 is 27.5 Å². The number of fused-ring (bicyclic) bond motifs is 1. The minimum atomic E-state index is -0.117. The molecule has 0 saturated heterocycles. The first-order valence-corrected chi connectivity index (χ1v) is 10.3. The van der Waals surface area contributed by atoms with Gasteiger partial charge in [-0.05, 0) is 71.9 Å². The van der Waals surface area contributed by atoms with Gasteiger partial charge in [0.2, 0.25) is 5.91 Å². The van der Waals surface area contributed by atoms with Gasteiger partial charge < -0.3 is 15.4 Å². The van der Waals surface area contributed by atoms with Gasteiger partial charge in [0.05, 0.1) is 16.1 Å². The second kappa shape index (κ2) is 7.64. The number of H-pyrrole nitrogens is 1. The van der Waals surface area contributed by atoms with Gasteiger partial charge in [0.1, 0.15) is 5.75 Å². The van der Waals surface area contributed by atoms with Gasteiger partial charge in [-0.2, -0.15) is 0 Å². The van der Waals surface area contributed by atoms with E-state index >= 15 is 0 Å². The third-order valence-corrected chi connectivity index (χ3v) is 6.31. The number of carbonyl (C=O) groups excluding carboxylic acids is 1. The van der Waals surface area contributed by atoms with Crippen LogP contribution in [0.4, 0.5) is 5.69 Å². The molecule has 3 N–H and O–H groups in total. The van der Waals surface area contributed by atoms with Crippen molar-refractivity contribution in [3.63, 3.8) is 0 Å². The summed E-state index contributed by atoms with van der Waals surface area (Å²) in [6.07, 6.45) is 2.92. The lowest BCUT2D eigenvalue weighted by atomic mass is 9.85. The van der Waals surface area contributed by atoms with E-state index in [2.05, 4.69) is 26.2 Å². The molecule has 1 heterocycles. The van der Waals surface area contributed by atoms with E-state index in [-0.39, 0.29) is 34.3 Å². The number of phenols is 1. The molecule has 3 aromatic rings. The summed E-state index contributed by atoms with van der Waals surface area (Å²) in [4.78, 5) is 28.0. The minimum absolute atomic E-state index is 0.0176. The highest BCUT2D eigenvalue weighted by Gasteiger charge is 2.29. The molecule has 146 valence electrons. The molecule has 1 aliphatic carbocycles. The first-order valence-electron chi connectivity index (χ1n) is 9.12. The van der Waals surface area contributed by atoms with Crippen LogP contribution in [0.1, 0.15) is 31.7 Å². The maximum atomic E-state index is 12.6. The number of halogens is 2. The fourth-order valence-corrected chi connectivity index (χ4v) is 4.54. The van der Waals surface area contributed by atoms with Crippen LogP contribution in [0.15, 0.2) is 45.7 Å². The second-order valence-corrected chi connectivity index (χ2v) is 8.36. The number of nitrogens with one attached hydrogen (secondary N) is 2. The van der Waals surface area contributed by atoms with Crippen LogP contribution in [0.2, 0.25) is 5.02 Å². The van der Waals surface area contributed by atoms with Gasteiger partial charge in [-0.3, -0.25) is 9.36 Å². The van der Waals surface area contributed by atoms with Gasteiger partial charge in [0, 0.05) is 22.1 Å². The van der Waals surface area contributed by atoms with Crippen molar-refractivity contribution in [3.05, 3.63) is 56.4 Å². The molecule has 1 aromatic heterocycles. The van der Waals surface area contributed by atoms with E-state index in [0.717, 1.165) is 28.3 Å². The molecule has 1 saturated carbocycles. The van der Waals surface area contributed by atoms with E-state index in [1.54, 1.807) is 6.07 Å². The van der Waals surface area contributed by atoms with Crippen LogP contribution < -0.4 is 11.0 Å². The van der Waals surface area contributed by atoms with Crippen molar-refractivity contribution < 1.29 is 9.90 Å². The smallest absolute Gasteiger partial charge is 0.326 e. The fraction of sp³-hybridized carbons (Fsp3) is 0.300. The van der Waals surface area contributed by atoms with Crippen LogP contribution in [-0.2, 0) is 4.79 Å². The molecule has 8 heteroatoms. The molecule has 1 fully saturated rings. The van der Waals surface area contributed by atoms with Crippen LogP contribution in [0.3, 0.4) is 0 Å². The number of aromatic hydroxyl groups is 1. The van der Waals surface area contributed by atoms with Crippen LogP contribution in [0, 0.1) is 5.92 Å². The molecule has 28 heavy (non-hydrogen) atoms. The Kier molecular flexibility index (Phi) is 5.21. The van der Waals surface area contributed by atoms with E-state index in [1.165, 1.54) is 12.1 Å². The molecule has 4 rings (SSSR count). The molecule has 1 aliphatic rings. The van der Waals surface area contributed by atoms with Crippen molar-refractivity contribution in [2.45, 2.75) is 31.7 Å². The Balaban J connectivity index is 1.45. The van der Waals surface area contributed by atoms with Crippen molar-refractivity contribution >= 4 is 50.2 Å². The number of aromatic amines is 1. The first-order chi connectivity index (χ1) is 13.4. The zero-order chi connectivity index (χ0) is 19.8. The zero-order valence-electron chi connectivity index (χ0n) is 14.9. The highest BCUT2D eigenvalue weighted by Crippen LogP contribution is 2.35. The molecule has 0 atom stereocenters. The minimum Gasteiger partial charge on any atom is -0.506 e. The Labute approximate surface area is 174 Å². The number of hydrogen-bond donors (Lipinski definition) is 3. The number of rotatable bonds is 3. The zero-order valence-corrected chi connectivity index (χ0v) is 17.3. The summed E-state index contributed by atoms with van der Waals surface area (Å²) in [7, 11) is 0. The van der Waals surface area contributed by atoms with Crippen molar-refractivity contribution in [1.29, 1.82) is 0 Å². The van der Waals surface area contributed by atoms with Crippen molar-refractivity contribution in [2.75, 3.05) is 5.32 Å². The number of amides is 1. The summed E-state index contributed by atoms with van der Waals surface area (Å²) in [5.41, 5.74) is 2.13. The number of benzene rings is 2. The monoisotopic (exact) mass is 463 g/mol. The van der Waals surface area contributed by atoms with E-state index in [0.29, 0.717) is 18.5 Å². The summed E-state index contributed by atoms with van der Waals surface area (Å²) in [6.45, 7) is 0. The molecular weight excluding hydrogens is 446 g/mol. The molecule has 0 aliphatic heterocycles. The number of imidazole rings is 1. The highest BCUT2D eigenvalue weighted by molar-refractivity contribution is 9.10. The second-order valence-electron chi connectivity index (χ2n) is 7.10. The standard InChI is InChI=1S/C20H19BrClN3O3/c21-14-2-1-3-16-18(14)24-20(28)25(16)13-7-4-11(5-8-13)19(27)23-12-6-9-17(26)15(22)10-12/h1-3,6,9-11,13,26H,4-5,7-8H2,(H,23,27)(H,24,28)/t11-,13+. The van der Waals surface area contributed by atoms with Gasteiger partial charge in [-0.15, -0.1) is 0 Å². The van der Waals surface area contributed by atoms with Gasteiger partial charge >= 0.3 is 5.69 Å². The van der Waals surface area contributed by atoms with Gasteiger partial charge in [0.15, 0.2) is 0 Å². The lowest BCUT2D eigenvalue weighted by Crippen LogP contribution is -2.31. The highest BCUT2D eigenvalue weighted by atomic mass is 79.9. The summed E-state index contributed by atoms with van der Waals surface area (Å²) in [5.74, 6) is -0.193. The Morgan fingerprint density at radius 1 is 1.21 bits per heavy atom. The van der Waals surface area contributed by atoms with Crippen molar-refractivity contribution in [2.24, 2.45) is 5.92 Å². The fourth-order valence-electron chi connectivity index (χ4n) is 3.90. The van der Waals surface area contributed by atoms with Gasteiger partial charge in [-0.25, -0.2) is 4.79 Å². The lowest BCUT2D eigenvalue weighted by Gasteiger charge is -2.28. The van der Waals surface area contributed by atoms with Crippen LogP contribution in [0.5, 0.6) is 5.75 Å². The molecule has 0 radical (unpaired) electrons. The van der Waals surface area contributed by atoms with E-state index < -0.39 is 0 Å². The van der Waals surface area contributed by atoms with Crippen LogP contribution in [0.25, 0.3) is 11.0 Å². The molecule has 0 unspecified atom stereocenters. The molecule has 1 amide bonds. The topological polar surface area (TPSA) is 87.1 Å². The van der Waals surface area contributed by atoms with Gasteiger partial charge in [-0.1, -0.05) is 17.7 Å². The molecular formula is C20H19BrClN3O3. The van der Waals surface area contributed by atoms with E-state index in [4.69, 9.17) is 11.6 Å². The first kappa shape index (κ1) is 19.1. The molecule has 0 spiro atoms. The third-order valence-electron chi connectivity index (χ3n) is 5.35. The molecule has 0 bridgehead atoms. The summed E-state index contributed by atoms with van der Waals surface area (Å²) in [5, 5.41) is 12.5. The maximum Gasteiger partial charge on any atom is 0.326 e. The summed E-state index contributed by atoms with van der Waals surface area (Å²) in [6, 6.07) is 10.4. The maximum absolute atomic E-state index is 12.6. The quantitative estimate of drug-likeness (QED) is 0.486. The molecule has 2 aromatic carbocycles. The average Bonchev–Trinajstić information content (AvgIpc) is 3.02. The SMILES string of the molecule is O=c1[nH]c2c(Br)cccc2n1[C@H]1CC[C@@H](C(=O)Nc2ccc(O)c(Cl)c2)CC1. The Hall–Kier alpha value is -2.25. The normalized spacial score (nSPS) is 19.6. The summed E-state index contributed by atoms with van der Waals surface area (Å²) < 4.78 is 2.68. The number of hydrogen-bond acceptors (Lipinski definition) is 3. The summed E-state index contributed by atoms with van der Waals surface area (Å²) >= 11 is 9.37. The number of nitrogens with zero attached hydrogens (tertiary/aromatic N) is 1. The van der Waals surface area contributed by atoms with Crippen LogP contribution in [-0.4, -0.2) is 20.6 Å². The van der Waals surface area contributed by atoms with Crippen molar-refractivity contribution in [1.82, 2.24) is 9.55 Å². The Morgan fingerprint density at radius 2 is 1.96 bits per heavy atom. The van der Waals surface area contributed by atoms with Crippen molar-refractivity contribution in [3.8, 4) is 5.75 Å². The average molecular weight is 465 g/mol. The Bertz CT molecular complexity index is 1100. The number of aromatic nitrogens is 2. The third kappa shape index (κ3) is 3.56. The predicted molar refractivity (Wildman–Crippen MR) is 113 cm³/mol. The lowest BCUT2D eigenvalue weighted by molar-refractivity contribution is -0.121. The Morgan fingerprint density at radius 3 is 2.68 bits per heavy atom. The largest absolute Gasteiger partial charge is 0.506 e. The number of anilines is 1. The number of para-hydroxylation sites is 1. The molecule has 6 nitrogen and oxygen atoms in total. The number of phenolic OH excluding ortho intramolecular Hbond substituents is 1. The number of carbonyl (C=O) groups is 1. The van der Waals surface area contributed by atoms with Gasteiger partial charge in [0.25, 0.3) is 0 Å².